The van der Waals surface area contributed by atoms with Crippen LogP contribution in [0.3, 0.4) is 0 Å². The van der Waals surface area contributed by atoms with Crippen LogP contribution in [-0.4, -0.2) is 10.7 Å². The number of aliphatic imine (C=N–C) groups is 1. The van der Waals surface area contributed by atoms with Crippen LogP contribution in [0.1, 0.15) is 80.8 Å². The molecule has 8 aromatic rings. The van der Waals surface area contributed by atoms with Gasteiger partial charge in [0.05, 0.1) is 15.9 Å². The largest absolute Gasteiger partial charge is 0.253 e. The number of nitrogens with zero attached hydrogens (tertiary/aromatic N) is 2. The summed E-state index contributed by atoms with van der Waals surface area (Å²) in [6.07, 6.45) is 3.16. The van der Waals surface area contributed by atoms with Crippen molar-refractivity contribution in [3.05, 3.63) is 179 Å². The topological polar surface area (TPSA) is 25.2 Å². The number of benzene rings is 7. The third kappa shape index (κ3) is 5.58. The van der Waals surface area contributed by atoms with Crippen molar-refractivity contribution in [3.8, 4) is 55.1 Å². The second kappa shape index (κ2) is 13.1. The van der Waals surface area contributed by atoms with E-state index in [0.717, 1.165) is 46.7 Å². The summed E-state index contributed by atoms with van der Waals surface area (Å²) in [6, 6.07) is 54.5. The standard InChI is InChI=1S/C55H46N2S/c1-33-21-22-34-13-6-9-18-49(34)56-51(25-33)39-27-38(28-40(29-39)53-57-50-19-10-11-20-52(50)58-53)36-15-12-14-35(26-36)37-23-24-42-44-31-43-41-16-7-8-17-45(41)54(2,3)47(43)32-48(44)55(4,5)46(42)30-37/h6-20,23-24,26-33H,21-22,25H2,1-5H3/t33-/m0/s1. The maximum absolute atomic E-state index is 5.40. The monoisotopic (exact) mass is 766 g/mol. The fourth-order valence-electron chi connectivity index (χ4n) is 10.1. The molecule has 3 heteroatoms. The van der Waals surface area contributed by atoms with Gasteiger partial charge in [-0.05, 0) is 158 Å². The maximum atomic E-state index is 5.40. The van der Waals surface area contributed by atoms with Crippen LogP contribution in [0.25, 0.3) is 65.3 Å². The molecule has 0 radical (unpaired) electrons. The molecule has 0 spiro atoms. The number of fused-ring (bicyclic) bond motifs is 8. The minimum absolute atomic E-state index is 0.0214. The van der Waals surface area contributed by atoms with Gasteiger partial charge < -0.3 is 0 Å². The smallest absolute Gasteiger partial charge is 0.124 e. The summed E-state index contributed by atoms with van der Waals surface area (Å²) in [5.74, 6) is 0.531. The van der Waals surface area contributed by atoms with Gasteiger partial charge in [0, 0.05) is 22.1 Å². The average Bonchev–Trinajstić information content (AvgIpc) is 3.85. The van der Waals surface area contributed by atoms with Crippen LogP contribution in [-0.2, 0) is 17.3 Å². The van der Waals surface area contributed by atoms with Crippen molar-refractivity contribution >= 4 is 33.0 Å². The van der Waals surface area contributed by atoms with E-state index in [4.69, 9.17) is 9.98 Å². The molecule has 0 bridgehead atoms. The summed E-state index contributed by atoms with van der Waals surface area (Å²) in [6.45, 7) is 11.9. The Labute approximate surface area is 346 Å². The predicted molar refractivity (Wildman–Crippen MR) is 246 cm³/mol. The van der Waals surface area contributed by atoms with Gasteiger partial charge in [0.15, 0.2) is 0 Å². The first-order valence-corrected chi connectivity index (χ1v) is 21.6. The highest BCUT2D eigenvalue weighted by Crippen LogP contribution is 2.56. The number of thiazole rings is 1. The van der Waals surface area contributed by atoms with Crippen molar-refractivity contribution < 1.29 is 0 Å². The summed E-state index contributed by atoms with van der Waals surface area (Å²) >= 11 is 1.76. The van der Waals surface area contributed by atoms with Crippen LogP contribution in [0.2, 0.25) is 0 Å². The summed E-state index contributed by atoms with van der Waals surface area (Å²) in [5, 5.41) is 1.04. The molecule has 1 atom stereocenters. The molecule has 282 valence electrons. The molecule has 1 aliphatic heterocycles. The molecule has 11 rings (SSSR count). The fourth-order valence-corrected chi connectivity index (χ4v) is 11.1. The van der Waals surface area contributed by atoms with Crippen molar-refractivity contribution in [1.29, 1.82) is 0 Å². The van der Waals surface area contributed by atoms with Crippen molar-refractivity contribution in [2.24, 2.45) is 10.9 Å². The van der Waals surface area contributed by atoms with E-state index in [1.165, 1.54) is 82.6 Å². The van der Waals surface area contributed by atoms with E-state index in [2.05, 4.69) is 180 Å². The molecular formula is C55H46N2S. The summed E-state index contributed by atoms with van der Waals surface area (Å²) in [7, 11) is 0. The molecular weight excluding hydrogens is 721 g/mol. The molecule has 0 fully saturated rings. The first-order valence-electron chi connectivity index (χ1n) is 20.8. The Balaban J connectivity index is 1.02. The van der Waals surface area contributed by atoms with Gasteiger partial charge in [0.2, 0.25) is 0 Å². The molecule has 2 heterocycles. The first kappa shape index (κ1) is 35.3. The summed E-state index contributed by atoms with van der Waals surface area (Å²) in [4.78, 5) is 10.5. The molecule has 0 amide bonds. The number of rotatable bonds is 4. The van der Waals surface area contributed by atoms with Gasteiger partial charge in [-0.3, -0.25) is 4.99 Å². The van der Waals surface area contributed by atoms with Crippen molar-refractivity contribution in [3.63, 3.8) is 0 Å². The van der Waals surface area contributed by atoms with Gasteiger partial charge in [-0.25, -0.2) is 4.98 Å². The van der Waals surface area contributed by atoms with E-state index in [1.54, 1.807) is 11.3 Å². The lowest BCUT2D eigenvalue weighted by molar-refractivity contribution is 0.551. The SMILES string of the molecule is C[C@H]1CCc2ccccc2N=C(c2cc(-c3cccc(-c4ccc5c(c4)C(C)(C)c4cc6c(cc4-5)-c4ccccc4C6(C)C)c3)cc(-c3nc4ccccc4s3)c2)C1. The van der Waals surface area contributed by atoms with E-state index in [1.807, 2.05) is 0 Å². The van der Waals surface area contributed by atoms with Crippen LogP contribution in [0.5, 0.6) is 0 Å². The molecule has 58 heavy (non-hydrogen) atoms. The molecule has 3 aliphatic rings. The van der Waals surface area contributed by atoms with Gasteiger partial charge in [0.1, 0.15) is 5.01 Å². The normalized spacial score (nSPS) is 17.1. The number of hydrogen-bond acceptors (Lipinski definition) is 3. The summed E-state index contributed by atoms with van der Waals surface area (Å²) < 4.78 is 1.21. The van der Waals surface area contributed by atoms with Crippen LogP contribution in [0.15, 0.2) is 151 Å². The lowest BCUT2D eigenvalue weighted by Gasteiger charge is -2.26. The number of aryl methyl sites for hydroxylation is 1. The highest BCUT2D eigenvalue weighted by atomic mass is 32.1. The third-order valence-electron chi connectivity index (χ3n) is 13.4. The van der Waals surface area contributed by atoms with Crippen molar-refractivity contribution in [2.75, 3.05) is 0 Å². The van der Waals surface area contributed by atoms with Crippen LogP contribution < -0.4 is 0 Å². The Kier molecular flexibility index (Phi) is 7.94. The number of aromatic nitrogens is 1. The minimum Gasteiger partial charge on any atom is -0.253 e. The zero-order valence-electron chi connectivity index (χ0n) is 33.9. The Bertz CT molecular complexity index is 2980. The molecule has 0 saturated heterocycles. The summed E-state index contributed by atoms with van der Waals surface area (Å²) in [5.41, 5.74) is 22.8. The molecule has 2 nitrogen and oxygen atoms in total. The first-order chi connectivity index (χ1) is 28.1. The Morgan fingerprint density at radius 2 is 1.16 bits per heavy atom. The predicted octanol–water partition coefficient (Wildman–Crippen LogP) is 15.0. The van der Waals surface area contributed by atoms with E-state index in [9.17, 15) is 0 Å². The third-order valence-corrected chi connectivity index (χ3v) is 14.5. The Hall–Kier alpha value is -5.90. The lowest BCUT2D eigenvalue weighted by atomic mass is 9.77. The van der Waals surface area contributed by atoms with Crippen molar-refractivity contribution in [1.82, 2.24) is 4.98 Å². The lowest BCUT2D eigenvalue weighted by Crippen LogP contribution is -2.18. The van der Waals surface area contributed by atoms with Crippen molar-refractivity contribution in [2.45, 2.75) is 64.7 Å². The average molecular weight is 767 g/mol. The molecule has 2 aliphatic carbocycles. The van der Waals surface area contributed by atoms with E-state index >= 15 is 0 Å². The van der Waals surface area contributed by atoms with E-state index in [-0.39, 0.29) is 10.8 Å². The maximum Gasteiger partial charge on any atom is 0.124 e. The van der Waals surface area contributed by atoms with Gasteiger partial charge in [-0.15, -0.1) is 11.3 Å². The van der Waals surface area contributed by atoms with Crippen LogP contribution in [0, 0.1) is 5.92 Å². The highest BCUT2D eigenvalue weighted by molar-refractivity contribution is 7.21. The molecule has 0 saturated carbocycles. The number of hydrogen-bond donors (Lipinski definition) is 0. The van der Waals surface area contributed by atoms with Gasteiger partial charge in [-0.1, -0.05) is 126 Å². The van der Waals surface area contributed by atoms with E-state index < -0.39 is 0 Å². The Morgan fingerprint density at radius 1 is 0.517 bits per heavy atom. The van der Waals surface area contributed by atoms with Gasteiger partial charge in [-0.2, -0.15) is 0 Å². The van der Waals surface area contributed by atoms with E-state index in [0.29, 0.717) is 5.92 Å². The molecule has 1 aromatic heterocycles. The fraction of sp³-hybridized carbons (Fsp3) is 0.200. The Morgan fingerprint density at radius 3 is 2.00 bits per heavy atom. The molecule has 0 N–H and O–H groups in total. The minimum atomic E-state index is -0.118. The molecule has 7 aromatic carbocycles. The van der Waals surface area contributed by atoms with Gasteiger partial charge in [0.25, 0.3) is 0 Å². The molecule has 0 unspecified atom stereocenters. The second-order valence-electron chi connectivity index (χ2n) is 17.9. The van der Waals surface area contributed by atoms with Crippen LogP contribution >= 0.6 is 11.3 Å². The zero-order valence-corrected chi connectivity index (χ0v) is 34.7. The highest BCUT2D eigenvalue weighted by Gasteiger charge is 2.41. The second-order valence-corrected chi connectivity index (χ2v) is 18.9. The van der Waals surface area contributed by atoms with Gasteiger partial charge >= 0.3 is 0 Å². The number of para-hydroxylation sites is 2. The van der Waals surface area contributed by atoms with Crippen LogP contribution in [0.4, 0.5) is 5.69 Å². The zero-order chi connectivity index (χ0) is 39.3. The quantitative estimate of drug-likeness (QED) is 0.175.